The van der Waals surface area contributed by atoms with Gasteiger partial charge in [-0.15, -0.1) is 0 Å². The fourth-order valence-electron chi connectivity index (χ4n) is 1.57. The summed E-state index contributed by atoms with van der Waals surface area (Å²) in [4.78, 5) is 0. The third kappa shape index (κ3) is 3.06. The second-order valence-electron chi connectivity index (χ2n) is 4.45. The Morgan fingerprint density at radius 2 is 2.13 bits per heavy atom. The van der Waals surface area contributed by atoms with Gasteiger partial charge in [0.2, 0.25) is 0 Å². The fourth-order valence-corrected chi connectivity index (χ4v) is 1.57. The lowest BCUT2D eigenvalue weighted by atomic mass is 10.1. The zero-order valence-electron chi connectivity index (χ0n) is 10.5. The summed E-state index contributed by atoms with van der Waals surface area (Å²) in [5.41, 5.74) is 2.56. The zero-order valence-corrected chi connectivity index (χ0v) is 10.5. The van der Waals surface area contributed by atoms with Gasteiger partial charge in [-0.05, 0) is 26.3 Å². The van der Waals surface area contributed by atoms with E-state index in [-0.39, 0.29) is 0 Å². The number of hydrogen-bond donors (Lipinski definition) is 1. The van der Waals surface area contributed by atoms with E-state index in [0.29, 0.717) is 6.04 Å². The van der Waals surface area contributed by atoms with Crippen LogP contribution in [0.1, 0.15) is 44.5 Å². The van der Waals surface area contributed by atoms with Crippen LogP contribution in [-0.4, -0.2) is 16.3 Å². The van der Waals surface area contributed by atoms with Crippen LogP contribution in [0.4, 0.5) is 0 Å². The summed E-state index contributed by atoms with van der Waals surface area (Å²) in [5.74, 6) is 0.740. The molecule has 86 valence electrons. The van der Waals surface area contributed by atoms with E-state index in [0.717, 1.165) is 12.5 Å². The van der Waals surface area contributed by atoms with Crippen molar-refractivity contribution in [3.63, 3.8) is 0 Å². The molecule has 0 aliphatic carbocycles. The molecule has 2 atom stereocenters. The highest BCUT2D eigenvalue weighted by atomic mass is 15.3. The minimum absolute atomic E-state index is 0.396. The third-order valence-corrected chi connectivity index (χ3v) is 3.21. The van der Waals surface area contributed by atoms with Crippen LogP contribution in [0, 0.1) is 12.8 Å². The Balaban J connectivity index is 2.54. The Kier molecular flexibility index (Phi) is 4.33. The molecule has 0 saturated carbocycles. The average molecular weight is 209 g/mol. The lowest BCUT2D eigenvalue weighted by molar-refractivity contribution is 0.460. The van der Waals surface area contributed by atoms with Gasteiger partial charge in [0.05, 0.1) is 6.20 Å². The van der Waals surface area contributed by atoms with E-state index < -0.39 is 0 Å². The van der Waals surface area contributed by atoms with E-state index in [4.69, 9.17) is 0 Å². The summed E-state index contributed by atoms with van der Waals surface area (Å²) in [6.45, 7) is 9.89. The van der Waals surface area contributed by atoms with E-state index in [1.54, 1.807) is 0 Å². The minimum atomic E-state index is 0.396. The van der Waals surface area contributed by atoms with Gasteiger partial charge in [0, 0.05) is 24.3 Å². The Hall–Kier alpha value is -0.830. The molecule has 1 N–H and O–H groups in total. The lowest BCUT2D eigenvalue weighted by Crippen LogP contribution is -2.24. The molecule has 1 aromatic rings. The topological polar surface area (TPSA) is 29.9 Å². The van der Waals surface area contributed by atoms with Crippen LogP contribution in [0.25, 0.3) is 0 Å². The molecule has 0 amide bonds. The van der Waals surface area contributed by atoms with Gasteiger partial charge in [-0.25, -0.2) is 0 Å². The molecule has 15 heavy (non-hydrogen) atoms. The second-order valence-corrected chi connectivity index (χ2v) is 4.45. The summed E-state index contributed by atoms with van der Waals surface area (Å²) in [5, 5.41) is 7.81. The molecule has 1 heterocycles. The molecular weight excluding hydrogens is 186 g/mol. The number of aryl methyl sites for hydroxylation is 1. The third-order valence-electron chi connectivity index (χ3n) is 3.21. The molecule has 2 unspecified atom stereocenters. The maximum Gasteiger partial charge on any atom is 0.0540 e. The Morgan fingerprint density at radius 1 is 1.47 bits per heavy atom. The van der Waals surface area contributed by atoms with Crippen LogP contribution < -0.4 is 5.32 Å². The van der Waals surface area contributed by atoms with Crippen molar-refractivity contribution in [2.75, 3.05) is 6.54 Å². The molecule has 0 spiro atoms. The van der Waals surface area contributed by atoms with Crippen LogP contribution >= 0.6 is 0 Å². The first-order chi connectivity index (χ1) is 7.06. The molecule has 0 saturated heterocycles. The maximum absolute atomic E-state index is 4.26. The van der Waals surface area contributed by atoms with Gasteiger partial charge in [-0.1, -0.05) is 20.3 Å². The summed E-state index contributed by atoms with van der Waals surface area (Å²) >= 11 is 0. The van der Waals surface area contributed by atoms with Gasteiger partial charge in [0.1, 0.15) is 0 Å². The van der Waals surface area contributed by atoms with Crippen LogP contribution in [0.15, 0.2) is 6.20 Å². The van der Waals surface area contributed by atoms with Crippen LogP contribution in [0.5, 0.6) is 0 Å². The highest BCUT2D eigenvalue weighted by Gasteiger charge is 2.11. The van der Waals surface area contributed by atoms with E-state index in [1.165, 1.54) is 17.7 Å². The van der Waals surface area contributed by atoms with Crippen molar-refractivity contribution in [2.24, 2.45) is 13.0 Å². The van der Waals surface area contributed by atoms with Crippen molar-refractivity contribution in [3.8, 4) is 0 Å². The quantitative estimate of drug-likeness (QED) is 0.807. The Morgan fingerprint density at radius 3 is 2.60 bits per heavy atom. The first-order valence-electron chi connectivity index (χ1n) is 5.78. The summed E-state index contributed by atoms with van der Waals surface area (Å²) in [7, 11) is 1.99. The Labute approximate surface area is 92.9 Å². The van der Waals surface area contributed by atoms with Crippen molar-refractivity contribution >= 4 is 0 Å². The first kappa shape index (κ1) is 12.2. The molecule has 3 heteroatoms. The number of aromatic nitrogens is 2. The highest BCUT2D eigenvalue weighted by molar-refractivity contribution is 5.19. The molecule has 0 aromatic carbocycles. The van der Waals surface area contributed by atoms with Gasteiger partial charge >= 0.3 is 0 Å². The summed E-state index contributed by atoms with van der Waals surface area (Å²) in [6.07, 6.45) is 3.19. The zero-order chi connectivity index (χ0) is 11.4. The van der Waals surface area contributed by atoms with Gasteiger partial charge in [-0.2, -0.15) is 5.10 Å². The van der Waals surface area contributed by atoms with Gasteiger partial charge < -0.3 is 5.32 Å². The molecule has 0 radical (unpaired) electrons. The smallest absolute Gasteiger partial charge is 0.0540 e. The monoisotopic (exact) mass is 209 g/mol. The largest absolute Gasteiger partial charge is 0.310 e. The first-order valence-corrected chi connectivity index (χ1v) is 5.78. The summed E-state index contributed by atoms with van der Waals surface area (Å²) < 4.78 is 1.93. The lowest BCUT2D eigenvalue weighted by Gasteiger charge is -2.16. The van der Waals surface area contributed by atoms with E-state index >= 15 is 0 Å². The van der Waals surface area contributed by atoms with Crippen LogP contribution in [-0.2, 0) is 7.05 Å². The summed E-state index contributed by atoms with van der Waals surface area (Å²) in [6, 6.07) is 0.396. The number of hydrogen-bond acceptors (Lipinski definition) is 2. The van der Waals surface area contributed by atoms with Gasteiger partial charge in [0.15, 0.2) is 0 Å². The van der Waals surface area contributed by atoms with Gasteiger partial charge in [-0.3, -0.25) is 4.68 Å². The highest BCUT2D eigenvalue weighted by Crippen LogP contribution is 2.16. The van der Waals surface area contributed by atoms with Crippen molar-refractivity contribution in [1.29, 1.82) is 0 Å². The number of nitrogens with one attached hydrogen (secondary N) is 1. The molecule has 0 aliphatic heterocycles. The van der Waals surface area contributed by atoms with Crippen LogP contribution in [0.3, 0.4) is 0 Å². The SMILES string of the molecule is CCC(C)CNC(C)c1cnn(C)c1C. The molecule has 0 aliphatic rings. The normalized spacial score (nSPS) is 15.3. The average Bonchev–Trinajstić information content (AvgIpc) is 2.56. The van der Waals surface area contributed by atoms with Crippen molar-refractivity contribution in [2.45, 2.75) is 40.2 Å². The fraction of sp³-hybridized carbons (Fsp3) is 0.750. The number of nitrogens with zero attached hydrogens (tertiary/aromatic N) is 2. The molecule has 0 bridgehead atoms. The van der Waals surface area contributed by atoms with Crippen LogP contribution in [0.2, 0.25) is 0 Å². The molecule has 1 aromatic heterocycles. The van der Waals surface area contributed by atoms with E-state index in [9.17, 15) is 0 Å². The van der Waals surface area contributed by atoms with E-state index in [1.807, 2.05) is 17.9 Å². The van der Waals surface area contributed by atoms with Gasteiger partial charge in [0.25, 0.3) is 0 Å². The molecular formula is C12H23N3. The van der Waals surface area contributed by atoms with Crippen molar-refractivity contribution < 1.29 is 0 Å². The Bertz CT molecular complexity index is 304. The number of rotatable bonds is 5. The maximum atomic E-state index is 4.26. The van der Waals surface area contributed by atoms with Crippen molar-refractivity contribution in [1.82, 2.24) is 15.1 Å². The molecule has 3 nitrogen and oxygen atoms in total. The molecule has 1 rings (SSSR count). The minimum Gasteiger partial charge on any atom is -0.310 e. The van der Waals surface area contributed by atoms with E-state index in [2.05, 4.69) is 38.1 Å². The molecule has 0 fully saturated rings. The predicted octanol–water partition coefficient (Wildman–Crippen LogP) is 2.43. The standard InChI is InChI=1S/C12H23N3/c1-6-9(2)7-13-10(3)12-8-14-15(5)11(12)4/h8-10,13H,6-7H2,1-5H3. The second kappa shape index (κ2) is 5.31. The van der Waals surface area contributed by atoms with Crippen molar-refractivity contribution in [3.05, 3.63) is 17.5 Å². The predicted molar refractivity (Wildman–Crippen MR) is 63.8 cm³/mol.